The predicted molar refractivity (Wildman–Crippen MR) is 54.1 cm³/mol. The number of nitrogens with zero attached hydrogens (tertiary/aromatic N) is 4. The van der Waals surface area contributed by atoms with E-state index in [1.165, 1.54) is 0 Å². The molecule has 1 aromatic heterocycles. The topological polar surface area (TPSA) is 43.6 Å². The summed E-state index contributed by atoms with van der Waals surface area (Å²) in [7, 11) is 0. The van der Waals surface area contributed by atoms with Gasteiger partial charge in [0.25, 0.3) is 0 Å². The van der Waals surface area contributed by atoms with Crippen LogP contribution in [0.3, 0.4) is 0 Å². The lowest BCUT2D eigenvalue weighted by Gasteiger charge is -2.40. The number of halogens is 1. The molecule has 1 saturated carbocycles. The Balaban J connectivity index is 2.21. The lowest BCUT2D eigenvalue weighted by atomic mass is 9.71. The molecule has 2 rings (SSSR count). The summed E-state index contributed by atoms with van der Waals surface area (Å²) in [5.74, 6) is 2.20. The van der Waals surface area contributed by atoms with Gasteiger partial charge < -0.3 is 0 Å². The molecule has 14 heavy (non-hydrogen) atoms. The fourth-order valence-electron chi connectivity index (χ4n) is 2.01. The summed E-state index contributed by atoms with van der Waals surface area (Å²) in [6, 6.07) is 0.441. The van der Waals surface area contributed by atoms with Crippen molar-refractivity contribution in [3.63, 3.8) is 0 Å². The zero-order chi connectivity index (χ0) is 10.3. The molecule has 0 saturated heterocycles. The average Bonchev–Trinajstić information content (AvgIpc) is 2.61. The van der Waals surface area contributed by atoms with Crippen LogP contribution in [0, 0.1) is 11.8 Å². The Bertz CT molecular complexity index is 322. The molecule has 0 radical (unpaired) electrons. The molecule has 0 bridgehead atoms. The monoisotopic (exact) mass is 214 g/mol. The molecule has 5 heteroatoms. The highest BCUT2D eigenvalue weighted by Crippen LogP contribution is 2.43. The molecule has 4 nitrogen and oxygen atoms in total. The minimum Gasteiger partial charge on any atom is -0.225 e. The number of hydrogen-bond donors (Lipinski definition) is 0. The van der Waals surface area contributed by atoms with E-state index in [0.717, 1.165) is 18.2 Å². The molecular formula is C9H15ClN4. The molecule has 0 spiro atoms. The van der Waals surface area contributed by atoms with Gasteiger partial charge >= 0.3 is 0 Å². The first-order valence-electron chi connectivity index (χ1n) is 5.03. The van der Waals surface area contributed by atoms with E-state index in [0.29, 0.717) is 12.0 Å². The maximum Gasteiger partial charge on any atom is 0.169 e. The van der Waals surface area contributed by atoms with Crippen LogP contribution in [0.1, 0.15) is 44.4 Å². The molecular weight excluding hydrogens is 200 g/mol. The number of hydrogen-bond acceptors (Lipinski definition) is 3. The molecule has 1 fully saturated rings. The zero-order valence-corrected chi connectivity index (χ0v) is 9.44. The van der Waals surface area contributed by atoms with Gasteiger partial charge in [0.05, 0.1) is 11.4 Å². The zero-order valence-electron chi connectivity index (χ0n) is 8.68. The molecule has 4 unspecified atom stereocenters. The Morgan fingerprint density at radius 1 is 1.50 bits per heavy atom. The van der Waals surface area contributed by atoms with E-state index in [1.807, 2.05) is 11.6 Å². The Labute approximate surface area is 88.6 Å². The van der Waals surface area contributed by atoms with Crippen LogP contribution in [0.2, 0.25) is 0 Å². The van der Waals surface area contributed by atoms with E-state index in [2.05, 4.69) is 29.4 Å². The van der Waals surface area contributed by atoms with Gasteiger partial charge in [-0.1, -0.05) is 13.8 Å². The average molecular weight is 215 g/mol. The van der Waals surface area contributed by atoms with Crippen molar-refractivity contribution in [2.24, 2.45) is 11.8 Å². The van der Waals surface area contributed by atoms with Gasteiger partial charge in [0.1, 0.15) is 0 Å². The second kappa shape index (κ2) is 3.50. The molecule has 0 aliphatic heterocycles. The molecule has 1 aromatic rings. The standard InChI is InChI=1S/C9H15ClN4/c1-5-4-8(6(5)2)14-9(7(3)10)11-12-13-14/h5-8H,4H2,1-3H3. The van der Waals surface area contributed by atoms with Crippen molar-refractivity contribution >= 4 is 11.6 Å². The number of tetrazole rings is 1. The Hall–Kier alpha value is -0.640. The van der Waals surface area contributed by atoms with E-state index in [4.69, 9.17) is 11.6 Å². The number of alkyl halides is 1. The first kappa shape index (κ1) is 9.90. The summed E-state index contributed by atoms with van der Waals surface area (Å²) in [6.07, 6.45) is 1.16. The van der Waals surface area contributed by atoms with Gasteiger partial charge in [0.2, 0.25) is 0 Å². The van der Waals surface area contributed by atoms with E-state index < -0.39 is 0 Å². The second-order valence-electron chi connectivity index (χ2n) is 4.24. The lowest BCUT2D eigenvalue weighted by molar-refractivity contribution is 0.0960. The molecule has 1 aliphatic rings. The van der Waals surface area contributed by atoms with Crippen LogP contribution in [-0.2, 0) is 0 Å². The second-order valence-corrected chi connectivity index (χ2v) is 4.89. The van der Waals surface area contributed by atoms with Gasteiger partial charge in [-0.15, -0.1) is 16.7 Å². The van der Waals surface area contributed by atoms with Gasteiger partial charge in [-0.05, 0) is 35.6 Å². The summed E-state index contributed by atoms with van der Waals surface area (Å²) in [6.45, 7) is 6.40. The summed E-state index contributed by atoms with van der Waals surface area (Å²) < 4.78 is 1.89. The Morgan fingerprint density at radius 2 is 2.21 bits per heavy atom. The molecule has 78 valence electrons. The molecule has 0 aromatic carbocycles. The fourth-order valence-corrected chi connectivity index (χ4v) is 2.16. The van der Waals surface area contributed by atoms with Crippen LogP contribution in [-0.4, -0.2) is 20.2 Å². The maximum absolute atomic E-state index is 6.00. The van der Waals surface area contributed by atoms with E-state index in [9.17, 15) is 0 Å². The number of aromatic nitrogens is 4. The van der Waals surface area contributed by atoms with Crippen molar-refractivity contribution in [1.29, 1.82) is 0 Å². The summed E-state index contributed by atoms with van der Waals surface area (Å²) in [4.78, 5) is 0. The Kier molecular flexibility index (Phi) is 2.47. The van der Waals surface area contributed by atoms with Crippen molar-refractivity contribution in [3.8, 4) is 0 Å². The smallest absolute Gasteiger partial charge is 0.169 e. The van der Waals surface area contributed by atoms with Crippen LogP contribution < -0.4 is 0 Å². The first-order chi connectivity index (χ1) is 6.61. The van der Waals surface area contributed by atoms with Crippen LogP contribution >= 0.6 is 11.6 Å². The normalized spacial score (nSPS) is 33.9. The summed E-state index contributed by atoms with van der Waals surface area (Å²) in [5.41, 5.74) is 0. The summed E-state index contributed by atoms with van der Waals surface area (Å²) in [5, 5.41) is 11.5. The van der Waals surface area contributed by atoms with Crippen molar-refractivity contribution in [2.45, 2.75) is 38.6 Å². The van der Waals surface area contributed by atoms with Crippen molar-refractivity contribution < 1.29 is 0 Å². The molecule has 0 N–H and O–H groups in total. The molecule has 1 heterocycles. The van der Waals surface area contributed by atoms with Gasteiger partial charge in [0.15, 0.2) is 5.82 Å². The molecule has 0 amide bonds. The van der Waals surface area contributed by atoms with Gasteiger partial charge in [-0.3, -0.25) is 0 Å². The minimum atomic E-state index is -0.117. The van der Waals surface area contributed by atoms with Gasteiger partial charge in [-0.2, -0.15) is 0 Å². The minimum absolute atomic E-state index is 0.117. The van der Waals surface area contributed by atoms with Gasteiger partial charge in [-0.25, -0.2) is 4.68 Å². The third-order valence-corrected chi connectivity index (χ3v) is 3.50. The number of rotatable bonds is 2. The van der Waals surface area contributed by atoms with Crippen LogP contribution in [0.4, 0.5) is 0 Å². The van der Waals surface area contributed by atoms with E-state index in [-0.39, 0.29) is 5.38 Å². The van der Waals surface area contributed by atoms with Crippen molar-refractivity contribution in [2.75, 3.05) is 0 Å². The SMILES string of the molecule is CC(Cl)c1nnnn1C1CC(C)C1C. The maximum atomic E-state index is 6.00. The van der Waals surface area contributed by atoms with Crippen LogP contribution in [0.5, 0.6) is 0 Å². The largest absolute Gasteiger partial charge is 0.225 e. The third-order valence-electron chi connectivity index (χ3n) is 3.31. The first-order valence-corrected chi connectivity index (χ1v) is 5.46. The van der Waals surface area contributed by atoms with E-state index >= 15 is 0 Å². The summed E-state index contributed by atoms with van der Waals surface area (Å²) >= 11 is 6.00. The predicted octanol–water partition coefficient (Wildman–Crippen LogP) is 2.19. The van der Waals surface area contributed by atoms with Crippen molar-refractivity contribution in [1.82, 2.24) is 20.2 Å². The fraction of sp³-hybridized carbons (Fsp3) is 0.889. The molecule has 1 aliphatic carbocycles. The highest BCUT2D eigenvalue weighted by molar-refractivity contribution is 6.20. The third kappa shape index (κ3) is 1.41. The highest BCUT2D eigenvalue weighted by Gasteiger charge is 2.38. The van der Waals surface area contributed by atoms with Gasteiger partial charge in [0, 0.05) is 0 Å². The lowest BCUT2D eigenvalue weighted by Crippen LogP contribution is -2.36. The quantitative estimate of drug-likeness (QED) is 0.709. The van der Waals surface area contributed by atoms with E-state index in [1.54, 1.807) is 0 Å². The highest BCUT2D eigenvalue weighted by atomic mass is 35.5. The van der Waals surface area contributed by atoms with Crippen LogP contribution in [0.25, 0.3) is 0 Å². The van der Waals surface area contributed by atoms with Crippen molar-refractivity contribution in [3.05, 3.63) is 5.82 Å². The van der Waals surface area contributed by atoms with Crippen LogP contribution in [0.15, 0.2) is 0 Å². The Morgan fingerprint density at radius 3 is 2.71 bits per heavy atom. The molecule has 4 atom stereocenters.